The summed E-state index contributed by atoms with van der Waals surface area (Å²) < 4.78 is 40.2. The molecule has 2 N–H and O–H groups in total. The number of carboxylic acid groups (broad SMARTS) is 1. The number of carbonyl (C=O) groups is 2. The largest absolute Gasteiger partial charge is 0.480 e. The minimum atomic E-state index is -4.47. The number of fused-ring (bicyclic) bond motifs is 1. The van der Waals surface area contributed by atoms with Crippen molar-refractivity contribution in [2.75, 3.05) is 5.75 Å². The van der Waals surface area contributed by atoms with E-state index in [0.717, 1.165) is 29.3 Å². The van der Waals surface area contributed by atoms with E-state index in [-0.39, 0.29) is 18.2 Å². The third kappa shape index (κ3) is 5.48. The summed E-state index contributed by atoms with van der Waals surface area (Å²) in [4.78, 5) is 24.2. The van der Waals surface area contributed by atoms with Gasteiger partial charge in [0, 0.05) is 24.5 Å². The molecular formula is C22H21F3N2O3S. The van der Waals surface area contributed by atoms with Gasteiger partial charge in [0.25, 0.3) is 5.24 Å². The Morgan fingerprint density at radius 3 is 2.58 bits per heavy atom. The number of nitrogens with zero attached hydrogens (tertiary/aromatic N) is 1. The third-order valence-corrected chi connectivity index (χ3v) is 5.52. The molecule has 0 aliphatic carbocycles. The second-order valence-electron chi connectivity index (χ2n) is 6.91. The Kier molecular flexibility index (Phi) is 7.07. The summed E-state index contributed by atoms with van der Waals surface area (Å²) in [7, 11) is 0. The molecular weight excluding hydrogens is 429 g/mol. The van der Waals surface area contributed by atoms with Crippen LogP contribution in [0.4, 0.5) is 18.0 Å². The number of aromatic nitrogens is 1. The summed E-state index contributed by atoms with van der Waals surface area (Å²) >= 11 is 1.15. The maximum absolute atomic E-state index is 12.9. The zero-order valence-electron chi connectivity index (χ0n) is 16.6. The number of carboxylic acids is 1. The van der Waals surface area contributed by atoms with Crippen molar-refractivity contribution in [2.45, 2.75) is 32.1 Å². The summed E-state index contributed by atoms with van der Waals surface area (Å²) in [5.74, 6) is -0.519. The van der Waals surface area contributed by atoms with Crippen molar-refractivity contribution in [1.29, 1.82) is 0 Å². The van der Waals surface area contributed by atoms with Gasteiger partial charge in [0.15, 0.2) is 0 Å². The standard InChI is InChI=1S/C22H21F3N2O3S/c1-2-31-21(30)27-13-15(17-8-3-4-9-19(17)27)11-18(20(28)29)26-12-14-6-5-7-16(10-14)22(23,24)25/h3-10,13,18,26H,2,11-12H2,1H3,(H,28,29). The van der Waals surface area contributed by atoms with E-state index in [9.17, 15) is 27.9 Å². The van der Waals surface area contributed by atoms with Gasteiger partial charge in [-0.25, -0.2) is 0 Å². The van der Waals surface area contributed by atoms with E-state index >= 15 is 0 Å². The molecule has 5 nitrogen and oxygen atoms in total. The van der Waals surface area contributed by atoms with E-state index in [1.165, 1.54) is 16.7 Å². The van der Waals surface area contributed by atoms with Crippen LogP contribution in [0.25, 0.3) is 10.9 Å². The van der Waals surface area contributed by atoms with Crippen LogP contribution in [0.5, 0.6) is 0 Å². The zero-order valence-corrected chi connectivity index (χ0v) is 17.5. The molecule has 1 heterocycles. The number of nitrogens with one attached hydrogen (secondary N) is 1. The summed E-state index contributed by atoms with van der Waals surface area (Å²) in [5.41, 5.74) is 0.904. The molecule has 0 aliphatic rings. The fourth-order valence-electron chi connectivity index (χ4n) is 3.32. The number of halogens is 3. The highest BCUT2D eigenvalue weighted by molar-refractivity contribution is 8.13. The highest BCUT2D eigenvalue weighted by Crippen LogP contribution is 2.29. The topological polar surface area (TPSA) is 71.3 Å². The summed E-state index contributed by atoms with van der Waals surface area (Å²) in [6, 6.07) is 10.9. The van der Waals surface area contributed by atoms with Gasteiger partial charge in [0.1, 0.15) is 6.04 Å². The number of alkyl halides is 3. The molecule has 0 radical (unpaired) electrons. The number of para-hydroxylation sites is 1. The van der Waals surface area contributed by atoms with Crippen LogP contribution in [0.2, 0.25) is 0 Å². The molecule has 3 aromatic rings. The first-order valence-corrected chi connectivity index (χ1v) is 10.6. The van der Waals surface area contributed by atoms with Crippen LogP contribution in [0.3, 0.4) is 0 Å². The van der Waals surface area contributed by atoms with Gasteiger partial charge < -0.3 is 10.4 Å². The summed E-state index contributed by atoms with van der Waals surface area (Å²) in [5, 5.41) is 13.1. The number of thioether (sulfide) groups is 1. The molecule has 31 heavy (non-hydrogen) atoms. The molecule has 0 saturated carbocycles. The predicted octanol–water partition coefficient (Wildman–Crippen LogP) is 5.17. The number of benzene rings is 2. The van der Waals surface area contributed by atoms with Crippen molar-refractivity contribution in [3.8, 4) is 0 Å². The van der Waals surface area contributed by atoms with Crippen molar-refractivity contribution in [1.82, 2.24) is 9.88 Å². The quantitative estimate of drug-likeness (QED) is 0.520. The molecule has 1 unspecified atom stereocenters. The number of hydrogen-bond acceptors (Lipinski definition) is 4. The van der Waals surface area contributed by atoms with E-state index in [4.69, 9.17) is 0 Å². The van der Waals surface area contributed by atoms with Gasteiger partial charge in [-0.15, -0.1) is 0 Å². The molecule has 9 heteroatoms. The van der Waals surface area contributed by atoms with E-state index in [1.54, 1.807) is 24.4 Å². The lowest BCUT2D eigenvalue weighted by Crippen LogP contribution is -2.38. The van der Waals surface area contributed by atoms with Crippen LogP contribution in [0, 0.1) is 0 Å². The Labute approximate surface area is 181 Å². The predicted molar refractivity (Wildman–Crippen MR) is 114 cm³/mol. The van der Waals surface area contributed by atoms with Gasteiger partial charge in [0.05, 0.1) is 11.1 Å². The molecule has 1 atom stereocenters. The highest BCUT2D eigenvalue weighted by atomic mass is 32.2. The van der Waals surface area contributed by atoms with Crippen molar-refractivity contribution >= 4 is 33.9 Å². The van der Waals surface area contributed by atoms with Gasteiger partial charge in [-0.05, 0) is 29.0 Å². The van der Waals surface area contributed by atoms with Crippen molar-refractivity contribution < 1.29 is 27.9 Å². The number of aliphatic carboxylic acids is 1. The minimum absolute atomic E-state index is 0.0376. The van der Waals surface area contributed by atoms with Crippen LogP contribution in [-0.4, -0.2) is 32.7 Å². The van der Waals surface area contributed by atoms with Crippen LogP contribution in [-0.2, 0) is 23.9 Å². The fraction of sp³-hybridized carbons (Fsp3) is 0.273. The van der Waals surface area contributed by atoms with Gasteiger partial charge in [-0.2, -0.15) is 13.2 Å². The first-order valence-electron chi connectivity index (χ1n) is 9.59. The average molecular weight is 450 g/mol. The Morgan fingerprint density at radius 2 is 1.90 bits per heavy atom. The number of carbonyl (C=O) groups excluding carboxylic acids is 1. The van der Waals surface area contributed by atoms with Crippen LogP contribution in [0.1, 0.15) is 23.6 Å². The highest BCUT2D eigenvalue weighted by Gasteiger charge is 2.30. The lowest BCUT2D eigenvalue weighted by molar-refractivity contribution is -0.140. The molecule has 0 amide bonds. The van der Waals surface area contributed by atoms with E-state index in [0.29, 0.717) is 22.4 Å². The number of hydrogen-bond donors (Lipinski definition) is 2. The van der Waals surface area contributed by atoms with Crippen molar-refractivity contribution in [3.63, 3.8) is 0 Å². The minimum Gasteiger partial charge on any atom is -0.480 e. The first kappa shape index (κ1) is 22.9. The molecule has 164 valence electrons. The maximum Gasteiger partial charge on any atom is 0.416 e. The molecule has 3 rings (SSSR count). The normalized spacial score (nSPS) is 12.8. The van der Waals surface area contributed by atoms with Crippen molar-refractivity contribution in [3.05, 3.63) is 71.4 Å². The molecule has 0 spiro atoms. The Balaban J connectivity index is 1.82. The lowest BCUT2D eigenvalue weighted by atomic mass is 10.0. The van der Waals surface area contributed by atoms with Crippen LogP contribution in [0.15, 0.2) is 54.7 Å². The Morgan fingerprint density at radius 1 is 1.16 bits per heavy atom. The van der Waals surface area contributed by atoms with E-state index < -0.39 is 23.8 Å². The van der Waals surface area contributed by atoms with Gasteiger partial charge in [-0.3, -0.25) is 14.2 Å². The Hall–Kier alpha value is -2.78. The lowest BCUT2D eigenvalue weighted by Gasteiger charge is -2.15. The third-order valence-electron chi connectivity index (χ3n) is 4.79. The second-order valence-corrected chi connectivity index (χ2v) is 8.13. The SMILES string of the molecule is CCSC(=O)n1cc(CC(NCc2cccc(C(F)(F)F)c2)C(=O)O)c2ccccc21. The summed E-state index contributed by atoms with van der Waals surface area (Å²) in [6.45, 7) is 1.83. The van der Waals surface area contributed by atoms with Crippen LogP contribution < -0.4 is 5.32 Å². The van der Waals surface area contributed by atoms with Gasteiger partial charge in [-0.1, -0.05) is 55.1 Å². The average Bonchev–Trinajstić information content (AvgIpc) is 3.09. The van der Waals surface area contributed by atoms with Crippen molar-refractivity contribution in [2.24, 2.45) is 0 Å². The molecule has 1 aromatic heterocycles. The first-order chi connectivity index (χ1) is 14.7. The monoisotopic (exact) mass is 450 g/mol. The summed E-state index contributed by atoms with van der Waals surface area (Å²) in [6.07, 6.45) is -2.75. The van der Waals surface area contributed by atoms with Gasteiger partial charge >= 0.3 is 12.1 Å². The second kappa shape index (κ2) is 9.57. The maximum atomic E-state index is 12.9. The van der Waals surface area contributed by atoms with E-state index in [2.05, 4.69) is 5.32 Å². The molecule has 2 aromatic carbocycles. The van der Waals surface area contributed by atoms with E-state index in [1.807, 2.05) is 13.0 Å². The van der Waals surface area contributed by atoms with Crippen LogP contribution >= 0.6 is 11.8 Å². The molecule has 0 bridgehead atoms. The Bertz CT molecular complexity index is 1100. The zero-order chi connectivity index (χ0) is 22.6. The molecule has 0 saturated heterocycles. The van der Waals surface area contributed by atoms with Gasteiger partial charge in [0.2, 0.25) is 0 Å². The smallest absolute Gasteiger partial charge is 0.416 e. The fourth-order valence-corrected chi connectivity index (χ4v) is 3.86. The molecule has 0 fully saturated rings. The number of rotatable bonds is 7. The molecule has 0 aliphatic heterocycles.